The van der Waals surface area contributed by atoms with E-state index in [9.17, 15) is 13.2 Å². The van der Waals surface area contributed by atoms with Gasteiger partial charge in [-0.05, 0) is 55.2 Å². The number of nitrogens with zero attached hydrogens (tertiary/aromatic N) is 1. The SMILES string of the molecule is CCOc1ccc(S(=O)(=O)NCCC(=O)N(C)[C@H]2CCc3ccccc32)cc1. The molecule has 0 aliphatic heterocycles. The highest BCUT2D eigenvalue weighted by Crippen LogP contribution is 2.34. The van der Waals surface area contributed by atoms with Gasteiger partial charge in [0.1, 0.15) is 5.75 Å². The Bertz CT molecular complexity index is 926. The standard InChI is InChI=1S/C21H26N2O4S/c1-3-27-17-9-11-18(12-10-17)28(25,26)22-15-14-21(24)23(2)20-13-8-16-6-4-5-7-19(16)20/h4-7,9-12,20,22H,3,8,13-15H2,1-2H3/t20-/m0/s1. The maximum absolute atomic E-state index is 12.6. The van der Waals surface area contributed by atoms with E-state index in [1.54, 1.807) is 24.1 Å². The highest BCUT2D eigenvalue weighted by molar-refractivity contribution is 7.89. The Morgan fingerprint density at radius 3 is 2.61 bits per heavy atom. The zero-order chi connectivity index (χ0) is 20.1. The first-order valence-electron chi connectivity index (χ1n) is 9.48. The van der Waals surface area contributed by atoms with E-state index in [0.717, 1.165) is 12.8 Å². The molecule has 0 radical (unpaired) electrons. The molecule has 150 valence electrons. The van der Waals surface area contributed by atoms with Crippen LogP contribution in [0.3, 0.4) is 0 Å². The minimum absolute atomic E-state index is 0.0615. The number of nitrogens with one attached hydrogen (secondary N) is 1. The number of hydrogen-bond acceptors (Lipinski definition) is 4. The molecule has 2 aromatic rings. The third-order valence-electron chi connectivity index (χ3n) is 5.04. The van der Waals surface area contributed by atoms with Crippen molar-refractivity contribution in [1.82, 2.24) is 9.62 Å². The van der Waals surface area contributed by atoms with Crippen LogP contribution in [0.2, 0.25) is 0 Å². The second kappa shape index (κ2) is 8.75. The van der Waals surface area contributed by atoms with Crippen LogP contribution in [0.15, 0.2) is 53.4 Å². The molecular formula is C21H26N2O4S. The van der Waals surface area contributed by atoms with Gasteiger partial charge in [-0.2, -0.15) is 0 Å². The lowest BCUT2D eigenvalue weighted by molar-refractivity contribution is -0.131. The highest BCUT2D eigenvalue weighted by Gasteiger charge is 2.28. The number of ether oxygens (including phenoxy) is 1. The van der Waals surface area contributed by atoms with Crippen LogP contribution in [0.5, 0.6) is 5.75 Å². The van der Waals surface area contributed by atoms with Crippen LogP contribution in [-0.4, -0.2) is 39.4 Å². The first kappa shape index (κ1) is 20.4. The Morgan fingerprint density at radius 2 is 1.89 bits per heavy atom. The van der Waals surface area contributed by atoms with Crippen LogP contribution < -0.4 is 9.46 Å². The lowest BCUT2D eigenvalue weighted by atomic mass is 10.1. The van der Waals surface area contributed by atoms with E-state index < -0.39 is 10.0 Å². The van der Waals surface area contributed by atoms with E-state index in [0.29, 0.717) is 12.4 Å². The summed E-state index contributed by atoms with van der Waals surface area (Å²) in [7, 11) is -1.87. The molecule has 1 aliphatic carbocycles. The monoisotopic (exact) mass is 402 g/mol. The second-order valence-corrected chi connectivity index (χ2v) is 8.58. The Hall–Kier alpha value is -2.38. The average molecular weight is 403 g/mol. The van der Waals surface area contributed by atoms with Crippen molar-refractivity contribution in [3.05, 3.63) is 59.7 Å². The van der Waals surface area contributed by atoms with E-state index >= 15 is 0 Å². The van der Waals surface area contributed by atoms with Gasteiger partial charge in [0.25, 0.3) is 0 Å². The molecule has 28 heavy (non-hydrogen) atoms. The number of aryl methyl sites for hydroxylation is 1. The van der Waals surface area contributed by atoms with Crippen molar-refractivity contribution in [3.8, 4) is 5.75 Å². The summed E-state index contributed by atoms with van der Waals surface area (Å²) in [5.74, 6) is 0.547. The molecule has 0 bridgehead atoms. The average Bonchev–Trinajstić information content (AvgIpc) is 3.12. The number of carbonyl (C=O) groups excluding carboxylic acids is 1. The Balaban J connectivity index is 1.54. The molecule has 2 aromatic carbocycles. The third kappa shape index (κ3) is 4.54. The van der Waals surface area contributed by atoms with Crippen molar-refractivity contribution < 1.29 is 17.9 Å². The van der Waals surface area contributed by atoms with Crippen LogP contribution in [0.1, 0.15) is 36.9 Å². The summed E-state index contributed by atoms with van der Waals surface area (Å²) in [5.41, 5.74) is 2.47. The van der Waals surface area contributed by atoms with Gasteiger partial charge in [0.2, 0.25) is 15.9 Å². The van der Waals surface area contributed by atoms with E-state index in [-0.39, 0.29) is 29.8 Å². The van der Waals surface area contributed by atoms with Gasteiger partial charge in [-0.15, -0.1) is 0 Å². The molecule has 0 aromatic heterocycles. The predicted molar refractivity (Wildman–Crippen MR) is 108 cm³/mol. The molecule has 0 heterocycles. The topological polar surface area (TPSA) is 75.7 Å². The lowest BCUT2D eigenvalue weighted by Gasteiger charge is -2.25. The number of hydrogen-bond donors (Lipinski definition) is 1. The summed E-state index contributed by atoms with van der Waals surface area (Å²) in [5, 5.41) is 0. The van der Waals surface area contributed by atoms with E-state index in [1.807, 2.05) is 19.1 Å². The maximum Gasteiger partial charge on any atom is 0.240 e. The van der Waals surface area contributed by atoms with Crippen molar-refractivity contribution in [3.63, 3.8) is 0 Å². The zero-order valence-electron chi connectivity index (χ0n) is 16.2. The van der Waals surface area contributed by atoms with Crippen molar-refractivity contribution >= 4 is 15.9 Å². The number of rotatable bonds is 8. The van der Waals surface area contributed by atoms with Gasteiger partial charge in [0.15, 0.2) is 0 Å². The second-order valence-electron chi connectivity index (χ2n) is 6.81. The molecular weight excluding hydrogens is 376 g/mol. The van der Waals surface area contributed by atoms with Crippen LogP contribution >= 0.6 is 0 Å². The molecule has 1 aliphatic rings. The normalized spacial score (nSPS) is 15.9. The van der Waals surface area contributed by atoms with Crippen LogP contribution in [0.4, 0.5) is 0 Å². The summed E-state index contributed by atoms with van der Waals surface area (Å²) in [6, 6.07) is 14.5. The molecule has 0 spiro atoms. The van der Waals surface area contributed by atoms with Gasteiger partial charge in [-0.3, -0.25) is 4.79 Å². The first-order valence-corrected chi connectivity index (χ1v) is 11.0. The van der Waals surface area contributed by atoms with Gasteiger partial charge in [-0.1, -0.05) is 24.3 Å². The molecule has 0 unspecified atom stereocenters. The van der Waals surface area contributed by atoms with Crippen LogP contribution in [0.25, 0.3) is 0 Å². The number of fused-ring (bicyclic) bond motifs is 1. The largest absolute Gasteiger partial charge is 0.494 e. The zero-order valence-corrected chi connectivity index (χ0v) is 17.0. The summed E-state index contributed by atoms with van der Waals surface area (Å²) < 4.78 is 32.6. The van der Waals surface area contributed by atoms with E-state index in [2.05, 4.69) is 16.9 Å². The number of amides is 1. The number of benzene rings is 2. The summed E-state index contributed by atoms with van der Waals surface area (Å²) in [6.07, 6.45) is 1.98. The molecule has 6 nitrogen and oxygen atoms in total. The van der Waals surface area contributed by atoms with E-state index in [1.165, 1.54) is 23.3 Å². The quantitative estimate of drug-likeness (QED) is 0.737. The summed E-state index contributed by atoms with van der Waals surface area (Å²) >= 11 is 0. The number of sulfonamides is 1. The molecule has 0 fully saturated rings. The Labute approximate surface area is 166 Å². The minimum Gasteiger partial charge on any atom is -0.494 e. The van der Waals surface area contributed by atoms with Crippen molar-refractivity contribution in [2.75, 3.05) is 20.2 Å². The molecule has 3 rings (SSSR count). The van der Waals surface area contributed by atoms with Gasteiger partial charge < -0.3 is 9.64 Å². The van der Waals surface area contributed by atoms with Gasteiger partial charge >= 0.3 is 0 Å². The fourth-order valence-corrected chi connectivity index (χ4v) is 4.58. The highest BCUT2D eigenvalue weighted by atomic mass is 32.2. The molecule has 7 heteroatoms. The Morgan fingerprint density at radius 1 is 1.18 bits per heavy atom. The number of carbonyl (C=O) groups is 1. The van der Waals surface area contributed by atoms with Crippen molar-refractivity contribution in [1.29, 1.82) is 0 Å². The maximum atomic E-state index is 12.6. The summed E-state index contributed by atoms with van der Waals surface area (Å²) in [6.45, 7) is 2.45. The molecule has 0 saturated heterocycles. The fraction of sp³-hybridized carbons (Fsp3) is 0.381. The van der Waals surface area contributed by atoms with Crippen molar-refractivity contribution in [2.45, 2.75) is 37.1 Å². The molecule has 1 atom stereocenters. The lowest BCUT2D eigenvalue weighted by Crippen LogP contribution is -2.34. The van der Waals surface area contributed by atoms with Gasteiger partial charge in [0.05, 0.1) is 17.5 Å². The third-order valence-corrected chi connectivity index (χ3v) is 6.52. The van der Waals surface area contributed by atoms with Crippen molar-refractivity contribution in [2.24, 2.45) is 0 Å². The van der Waals surface area contributed by atoms with Gasteiger partial charge in [0, 0.05) is 20.0 Å². The van der Waals surface area contributed by atoms with Crippen LogP contribution in [-0.2, 0) is 21.2 Å². The smallest absolute Gasteiger partial charge is 0.240 e. The summed E-state index contributed by atoms with van der Waals surface area (Å²) in [4.78, 5) is 14.4. The molecule has 1 amide bonds. The van der Waals surface area contributed by atoms with E-state index in [4.69, 9.17) is 4.74 Å². The Kier molecular flexibility index (Phi) is 6.36. The first-order chi connectivity index (χ1) is 13.4. The van der Waals surface area contributed by atoms with Crippen LogP contribution in [0, 0.1) is 0 Å². The molecule has 0 saturated carbocycles. The van der Waals surface area contributed by atoms with Gasteiger partial charge in [-0.25, -0.2) is 13.1 Å². The predicted octanol–water partition coefficient (Wildman–Crippen LogP) is 2.90. The molecule has 1 N–H and O–H groups in total. The minimum atomic E-state index is -3.66. The fourth-order valence-electron chi connectivity index (χ4n) is 3.54.